The van der Waals surface area contributed by atoms with Crippen LogP contribution in [-0.2, 0) is 0 Å². The first-order valence-corrected chi connectivity index (χ1v) is 5.27. The Kier molecular flexibility index (Phi) is 4.42. The van der Waals surface area contributed by atoms with Crippen LogP contribution in [0.5, 0.6) is 5.75 Å². The molecule has 96 valence electrons. The number of nitro groups is 1. The van der Waals surface area contributed by atoms with Gasteiger partial charge in [0, 0.05) is 12.1 Å². The highest BCUT2D eigenvalue weighted by molar-refractivity contribution is 5.92. The van der Waals surface area contributed by atoms with Crippen molar-refractivity contribution >= 4 is 11.7 Å². The van der Waals surface area contributed by atoms with Crippen molar-refractivity contribution in [2.45, 2.75) is 13.3 Å². The van der Waals surface area contributed by atoms with Gasteiger partial charge < -0.3 is 9.84 Å². The molecule has 1 N–H and O–H groups in total. The summed E-state index contributed by atoms with van der Waals surface area (Å²) in [6.45, 7) is 5.92. The van der Waals surface area contributed by atoms with Gasteiger partial charge in [0.05, 0.1) is 4.92 Å². The standard InChI is InChI=1S/C12H13NO5/c1-3-8(2)7-18-9-4-5-11(13(16)17)10(6-9)12(14)15/h4-6H,2-3,7H2,1H3,(H,14,15). The lowest BCUT2D eigenvalue weighted by atomic mass is 10.1. The molecule has 0 amide bonds. The Morgan fingerprint density at radius 1 is 1.56 bits per heavy atom. The number of nitrogens with zero attached hydrogens (tertiary/aromatic N) is 1. The van der Waals surface area contributed by atoms with Crippen molar-refractivity contribution in [3.8, 4) is 5.75 Å². The topological polar surface area (TPSA) is 89.7 Å². The van der Waals surface area contributed by atoms with Crippen molar-refractivity contribution in [3.63, 3.8) is 0 Å². The predicted octanol–water partition coefficient (Wildman–Crippen LogP) is 2.64. The highest BCUT2D eigenvalue weighted by Crippen LogP contribution is 2.24. The summed E-state index contributed by atoms with van der Waals surface area (Å²) in [5.74, 6) is -1.09. The van der Waals surface area contributed by atoms with Gasteiger partial charge in [-0.3, -0.25) is 10.1 Å². The Hall–Kier alpha value is -2.37. The number of carboxylic acids is 1. The van der Waals surface area contributed by atoms with E-state index in [1.54, 1.807) is 0 Å². The molecule has 1 aromatic carbocycles. The third kappa shape index (κ3) is 3.31. The summed E-state index contributed by atoms with van der Waals surface area (Å²) in [4.78, 5) is 20.8. The quantitative estimate of drug-likeness (QED) is 0.477. The van der Waals surface area contributed by atoms with Crippen LogP contribution in [0.4, 0.5) is 5.69 Å². The lowest BCUT2D eigenvalue weighted by Crippen LogP contribution is -2.05. The molecule has 0 aliphatic rings. The number of aromatic carboxylic acids is 1. The van der Waals surface area contributed by atoms with Crippen LogP contribution >= 0.6 is 0 Å². The summed E-state index contributed by atoms with van der Waals surface area (Å²) in [6.07, 6.45) is 0.749. The average molecular weight is 251 g/mol. The smallest absolute Gasteiger partial charge is 0.342 e. The van der Waals surface area contributed by atoms with Crippen LogP contribution in [0.25, 0.3) is 0 Å². The van der Waals surface area contributed by atoms with Gasteiger partial charge in [0.2, 0.25) is 0 Å². The van der Waals surface area contributed by atoms with Crippen LogP contribution in [0, 0.1) is 10.1 Å². The van der Waals surface area contributed by atoms with Gasteiger partial charge >= 0.3 is 5.97 Å². The molecule has 1 aromatic rings. The second-order valence-electron chi connectivity index (χ2n) is 3.63. The molecule has 0 aliphatic carbocycles. The number of carbonyl (C=O) groups is 1. The van der Waals surface area contributed by atoms with Gasteiger partial charge in [-0.1, -0.05) is 13.5 Å². The number of ether oxygens (including phenoxy) is 1. The van der Waals surface area contributed by atoms with E-state index in [2.05, 4.69) is 6.58 Å². The van der Waals surface area contributed by atoms with Crippen LogP contribution in [0.3, 0.4) is 0 Å². The van der Waals surface area contributed by atoms with Crippen LogP contribution in [-0.4, -0.2) is 22.6 Å². The lowest BCUT2D eigenvalue weighted by Gasteiger charge is -2.07. The molecule has 0 heterocycles. The Bertz CT molecular complexity index is 495. The van der Waals surface area contributed by atoms with E-state index in [9.17, 15) is 14.9 Å². The molecule has 0 aliphatic heterocycles. The molecule has 1 rings (SSSR count). The minimum Gasteiger partial charge on any atom is -0.489 e. The Labute approximate surface area is 104 Å². The van der Waals surface area contributed by atoms with Gasteiger partial charge in [-0.15, -0.1) is 0 Å². The zero-order valence-corrected chi connectivity index (χ0v) is 9.88. The Morgan fingerprint density at radius 3 is 2.72 bits per heavy atom. The summed E-state index contributed by atoms with van der Waals surface area (Å²) in [7, 11) is 0. The maximum atomic E-state index is 10.9. The zero-order valence-electron chi connectivity index (χ0n) is 9.88. The SMILES string of the molecule is C=C(CC)COc1ccc([N+](=O)[O-])c(C(=O)O)c1. The molecule has 0 spiro atoms. The maximum absolute atomic E-state index is 10.9. The fraction of sp³-hybridized carbons (Fsp3) is 0.250. The van der Waals surface area contributed by atoms with E-state index in [0.29, 0.717) is 0 Å². The average Bonchev–Trinajstić information content (AvgIpc) is 2.35. The monoisotopic (exact) mass is 251 g/mol. The van der Waals surface area contributed by atoms with Gasteiger partial charge in [0.15, 0.2) is 0 Å². The molecular formula is C12H13NO5. The molecule has 0 fully saturated rings. The Morgan fingerprint density at radius 2 is 2.22 bits per heavy atom. The van der Waals surface area contributed by atoms with Gasteiger partial charge in [0.25, 0.3) is 5.69 Å². The normalized spacial score (nSPS) is 9.83. The molecular weight excluding hydrogens is 238 g/mol. The molecule has 0 radical (unpaired) electrons. The summed E-state index contributed by atoms with van der Waals surface area (Å²) in [5, 5.41) is 19.5. The zero-order chi connectivity index (χ0) is 13.7. The molecule has 0 unspecified atom stereocenters. The molecule has 0 atom stereocenters. The molecule has 0 aromatic heterocycles. The molecule has 6 heteroatoms. The van der Waals surface area contributed by atoms with Crippen molar-refractivity contribution in [3.05, 3.63) is 46.0 Å². The first-order valence-electron chi connectivity index (χ1n) is 5.27. The third-order valence-electron chi connectivity index (χ3n) is 2.34. The van der Waals surface area contributed by atoms with E-state index < -0.39 is 16.6 Å². The van der Waals surface area contributed by atoms with Crippen molar-refractivity contribution in [2.24, 2.45) is 0 Å². The largest absolute Gasteiger partial charge is 0.489 e. The molecule has 0 saturated heterocycles. The summed E-state index contributed by atoms with van der Waals surface area (Å²) >= 11 is 0. The van der Waals surface area contributed by atoms with E-state index in [-0.39, 0.29) is 17.9 Å². The molecule has 0 saturated carbocycles. The number of rotatable bonds is 6. The third-order valence-corrected chi connectivity index (χ3v) is 2.34. The highest BCUT2D eigenvalue weighted by Gasteiger charge is 2.20. The van der Waals surface area contributed by atoms with Gasteiger partial charge in [-0.05, 0) is 18.1 Å². The van der Waals surface area contributed by atoms with Crippen molar-refractivity contribution in [1.29, 1.82) is 0 Å². The van der Waals surface area contributed by atoms with Gasteiger partial charge in [-0.2, -0.15) is 0 Å². The number of benzene rings is 1. The van der Waals surface area contributed by atoms with Crippen LogP contribution in [0.1, 0.15) is 23.7 Å². The van der Waals surface area contributed by atoms with Crippen molar-refractivity contribution < 1.29 is 19.6 Å². The van der Waals surface area contributed by atoms with Crippen LogP contribution < -0.4 is 4.74 Å². The first kappa shape index (κ1) is 13.7. The van der Waals surface area contributed by atoms with Crippen molar-refractivity contribution in [2.75, 3.05) is 6.61 Å². The van der Waals surface area contributed by atoms with E-state index in [4.69, 9.17) is 9.84 Å². The summed E-state index contributed by atoms with van der Waals surface area (Å²) in [6, 6.07) is 3.63. The molecule has 6 nitrogen and oxygen atoms in total. The Balaban J connectivity index is 2.97. The maximum Gasteiger partial charge on any atom is 0.342 e. The predicted molar refractivity (Wildman–Crippen MR) is 65.0 cm³/mol. The molecule has 18 heavy (non-hydrogen) atoms. The van der Waals surface area contributed by atoms with E-state index in [1.807, 2.05) is 6.92 Å². The summed E-state index contributed by atoms with van der Waals surface area (Å²) in [5.41, 5.74) is 0.00834. The second kappa shape index (κ2) is 5.81. The minimum atomic E-state index is -1.36. The number of hydrogen-bond acceptors (Lipinski definition) is 4. The first-order chi connectivity index (χ1) is 8.45. The number of hydrogen-bond donors (Lipinski definition) is 1. The fourth-order valence-electron chi connectivity index (χ4n) is 1.22. The molecule has 0 bridgehead atoms. The lowest BCUT2D eigenvalue weighted by molar-refractivity contribution is -0.385. The van der Waals surface area contributed by atoms with Crippen LogP contribution in [0.2, 0.25) is 0 Å². The van der Waals surface area contributed by atoms with Crippen LogP contribution in [0.15, 0.2) is 30.4 Å². The highest BCUT2D eigenvalue weighted by atomic mass is 16.6. The minimum absolute atomic E-state index is 0.257. The summed E-state index contributed by atoms with van der Waals surface area (Å²) < 4.78 is 5.30. The van der Waals surface area contributed by atoms with E-state index >= 15 is 0 Å². The number of nitro benzene ring substituents is 1. The number of carboxylic acid groups (broad SMARTS) is 1. The van der Waals surface area contributed by atoms with Gasteiger partial charge in [0.1, 0.15) is 17.9 Å². The second-order valence-corrected chi connectivity index (χ2v) is 3.63. The van der Waals surface area contributed by atoms with Gasteiger partial charge in [-0.25, -0.2) is 4.79 Å². The fourth-order valence-corrected chi connectivity index (χ4v) is 1.22. The van der Waals surface area contributed by atoms with E-state index in [0.717, 1.165) is 24.1 Å². The van der Waals surface area contributed by atoms with Crippen molar-refractivity contribution in [1.82, 2.24) is 0 Å². The van der Waals surface area contributed by atoms with E-state index in [1.165, 1.54) is 6.07 Å².